The number of nitro groups is 1. The Morgan fingerprint density at radius 3 is 2.00 bits per heavy atom. The molecule has 0 atom stereocenters. The third kappa shape index (κ3) is 1.45. The molecule has 2 aromatic rings. The Labute approximate surface area is 112 Å². The molecule has 0 spiro atoms. The van der Waals surface area contributed by atoms with Crippen molar-refractivity contribution in [3.05, 3.63) is 68.8 Å². The standard InChI is InChI=1S/C14H7NO5/c16-10-6-5-9(15(19)20)11-12(10)14(18)8-4-2-1-3-7(8)13(11)17/h1-6,16H. The molecule has 6 nitrogen and oxygen atoms in total. The fraction of sp³-hybridized carbons (Fsp3) is 0. The van der Waals surface area contributed by atoms with Gasteiger partial charge in [-0.1, -0.05) is 24.3 Å². The highest BCUT2D eigenvalue weighted by Gasteiger charge is 2.37. The van der Waals surface area contributed by atoms with E-state index in [1.807, 2.05) is 0 Å². The van der Waals surface area contributed by atoms with Crippen LogP contribution in [0.4, 0.5) is 5.69 Å². The monoisotopic (exact) mass is 269 g/mol. The number of nitrogens with zero attached hydrogens (tertiary/aromatic N) is 1. The van der Waals surface area contributed by atoms with Crippen LogP contribution in [-0.2, 0) is 0 Å². The van der Waals surface area contributed by atoms with Gasteiger partial charge in [0.25, 0.3) is 5.69 Å². The SMILES string of the molecule is O=C1c2ccccc2C(=O)c2c([N+](=O)[O-])ccc(O)c21. The van der Waals surface area contributed by atoms with Crippen molar-refractivity contribution in [2.75, 3.05) is 0 Å². The maximum absolute atomic E-state index is 12.4. The molecule has 0 saturated carbocycles. The van der Waals surface area contributed by atoms with E-state index in [2.05, 4.69) is 0 Å². The van der Waals surface area contributed by atoms with Crippen LogP contribution in [0.3, 0.4) is 0 Å². The average Bonchev–Trinajstić information content (AvgIpc) is 2.44. The zero-order valence-electron chi connectivity index (χ0n) is 9.99. The number of carbonyl (C=O) groups is 2. The summed E-state index contributed by atoms with van der Waals surface area (Å²) < 4.78 is 0. The molecule has 98 valence electrons. The minimum atomic E-state index is -0.739. The molecule has 20 heavy (non-hydrogen) atoms. The van der Waals surface area contributed by atoms with Gasteiger partial charge in [-0.05, 0) is 6.07 Å². The van der Waals surface area contributed by atoms with Crippen LogP contribution >= 0.6 is 0 Å². The Bertz CT molecular complexity index is 794. The van der Waals surface area contributed by atoms with Crippen molar-refractivity contribution in [3.8, 4) is 5.75 Å². The lowest BCUT2D eigenvalue weighted by atomic mass is 9.83. The molecule has 0 radical (unpaired) electrons. The van der Waals surface area contributed by atoms with E-state index >= 15 is 0 Å². The van der Waals surface area contributed by atoms with Crippen molar-refractivity contribution in [1.29, 1.82) is 0 Å². The van der Waals surface area contributed by atoms with Crippen LogP contribution in [0.25, 0.3) is 0 Å². The van der Waals surface area contributed by atoms with Gasteiger partial charge in [-0.2, -0.15) is 0 Å². The van der Waals surface area contributed by atoms with Crippen molar-refractivity contribution in [1.82, 2.24) is 0 Å². The van der Waals surface area contributed by atoms with Crippen molar-refractivity contribution in [3.63, 3.8) is 0 Å². The first-order valence-corrected chi connectivity index (χ1v) is 5.71. The largest absolute Gasteiger partial charge is 0.507 e. The molecule has 0 heterocycles. The van der Waals surface area contributed by atoms with Crippen LogP contribution in [0.5, 0.6) is 5.75 Å². The number of hydrogen-bond acceptors (Lipinski definition) is 5. The molecule has 2 aromatic carbocycles. The van der Waals surface area contributed by atoms with Gasteiger partial charge in [0, 0.05) is 17.2 Å². The Hall–Kier alpha value is -3.02. The number of nitro benzene ring substituents is 1. The van der Waals surface area contributed by atoms with Crippen LogP contribution in [0.1, 0.15) is 31.8 Å². The molecule has 0 fully saturated rings. The van der Waals surface area contributed by atoms with E-state index in [0.717, 1.165) is 12.1 Å². The first-order valence-electron chi connectivity index (χ1n) is 5.71. The molecule has 3 rings (SSSR count). The van der Waals surface area contributed by atoms with E-state index in [9.17, 15) is 24.8 Å². The molecule has 0 amide bonds. The second kappa shape index (κ2) is 3.99. The number of fused-ring (bicyclic) bond motifs is 2. The minimum Gasteiger partial charge on any atom is -0.507 e. The van der Waals surface area contributed by atoms with Crippen LogP contribution < -0.4 is 0 Å². The summed E-state index contributed by atoms with van der Waals surface area (Å²) in [5.74, 6) is -1.65. The Morgan fingerprint density at radius 1 is 0.900 bits per heavy atom. The normalized spacial score (nSPS) is 12.8. The Kier molecular flexibility index (Phi) is 2.40. The number of carbonyl (C=O) groups excluding carboxylic acids is 2. The second-order valence-corrected chi connectivity index (χ2v) is 4.31. The predicted octanol–water partition coefficient (Wildman–Crippen LogP) is 2.08. The Balaban J connectivity index is 2.41. The number of ketones is 2. The van der Waals surface area contributed by atoms with Crippen LogP contribution in [-0.4, -0.2) is 21.6 Å². The van der Waals surface area contributed by atoms with Crippen molar-refractivity contribution in [2.45, 2.75) is 0 Å². The van der Waals surface area contributed by atoms with Gasteiger partial charge in [-0.25, -0.2) is 0 Å². The molecule has 0 bridgehead atoms. The van der Waals surface area contributed by atoms with Gasteiger partial charge < -0.3 is 5.11 Å². The topological polar surface area (TPSA) is 97.5 Å². The number of phenols is 1. The lowest BCUT2D eigenvalue weighted by Crippen LogP contribution is -2.22. The summed E-state index contributed by atoms with van der Waals surface area (Å²) in [6.45, 7) is 0. The van der Waals surface area contributed by atoms with Gasteiger partial charge in [-0.15, -0.1) is 0 Å². The first-order chi connectivity index (χ1) is 9.52. The summed E-state index contributed by atoms with van der Waals surface area (Å²) in [5.41, 5.74) is -0.883. The highest BCUT2D eigenvalue weighted by Crippen LogP contribution is 2.37. The molecule has 1 aliphatic carbocycles. The average molecular weight is 269 g/mol. The molecule has 1 aliphatic rings. The molecule has 1 N–H and O–H groups in total. The zero-order chi connectivity index (χ0) is 14.4. The highest BCUT2D eigenvalue weighted by atomic mass is 16.6. The molecule has 0 saturated heterocycles. The van der Waals surface area contributed by atoms with Crippen LogP contribution in [0.15, 0.2) is 36.4 Å². The van der Waals surface area contributed by atoms with Gasteiger partial charge >= 0.3 is 0 Å². The maximum Gasteiger partial charge on any atom is 0.281 e. The van der Waals surface area contributed by atoms with Crippen molar-refractivity contribution < 1.29 is 19.6 Å². The number of benzene rings is 2. The number of hydrogen-bond donors (Lipinski definition) is 1. The van der Waals surface area contributed by atoms with E-state index in [1.54, 1.807) is 12.1 Å². The van der Waals surface area contributed by atoms with E-state index in [-0.39, 0.29) is 22.3 Å². The van der Waals surface area contributed by atoms with Gasteiger partial charge in [0.05, 0.1) is 10.5 Å². The fourth-order valence-electron chi connectivity index (χ4n) is 2.34. The van der Waals surface area contributed by atoms with Gasteiger partial charge in [-0.3, -0.25) is 19.7 Å². The van der Waals surface area contributed by atoms with E-state index in [0.29, 0.717) is 0 Å². The number of phenolic OH excluding ortho intramolecular Hbond substituents is 1. The summed E-state index contributed by atoms with van der Waals surface area (Å²) >= 11 is 0. The molecule has 6 heteroatoms. The molecular weight excluding hydrogens is 262 g/mol. The smallest absolute Gasteiger partial charge is 0.281 e. The summed E-state index contributed by atoms with van der Waals surface area (Å²) in [5, 5.41) is 20.8. The third-order valence-corrected chi connectivity index (χ3v) is 3.23. The van der Waals surface area contributed by atoms with Crippen LogP contribution in [0, 0.1) is 10.1 Å². The molecule has 0 aliphatic heterocycles. The Morgan fingerprint density at radius 2 is 1.45 bits per heavy atom. The summed E-state index contributed by atoms with van der Waals surface area (Å²) in [4.78, 5) is 34.9. The quantitative estimate of drug-likeness (QED) is 0.538. The second-order valence-electron chi connectivity index (χ2n) is 4.31. The summed E-state index contributed by atoms with van der Waals surface area (Å²) in [7, 11) is 0. The third-order valence-electron chi connectivity index (χ3n) is 3.23. The van der Waals surface area contributed by atoms with E-state index in [1.165, 1.54) is 12.1 Å². The number of rotatable bonds is 1. The molecular formula is C14H7NO5. The first kappa shape index (κ1) is 12.0. The van der Waals surface area contributed by atoms with Gasteiger partial charge in [0.15, 0.2) is 5.78 Å². The van der Waals surface area contributed by atoms with Gasteiger partial charge in [0.1, 0.15) is 11.3 Å². The minimum absolute atomic E-state index is 0.110. The van der Waals surface area contributed by atoms with E-state index < -0.39 is 27.9 Å². The lowest BCUT2D eigenvalue weighted by Gasteiger charge is -2.17. The predicted molar refractivity (Wildman–Crippen MR) is 68.1 cm³/mol. The van der Waals surface area contributed by atoms with Gasteiger partial charge in [0.2, 0.25) is 5.78 Å². The van der Waals surface area contributed by atoms with Crippen molar-refractivity contribution in [2.24, 2.45) is 0 Å². The number of aromatic hydroxyl groups is 1. The molecule has 0 aromatic heterocycles. The fourth-order valence-corrected chi connectivity index (χ4v) is 2.34. The highest BCUT2D eigenvalue weighted by molar-refractivity contribution is 6.30. The lowest BCUT2D eigenvalue weighted by molar-refractivity contribution is -0.385. The summed E-state index contributed by atoms with van der Waals surface area (Å²) in [6.07, 6.45) is 0. The maximum atomic E-state index is 12.4. The van der Waals surface area contributed by atoms with Crippen molar-refractivity contribution >= 4 is 17.3 Å². The zero-order valence-corrected chi connectivity index (χ0v) is 9.99. The summed E-state index contributed by atoms with van der Waals surface area (Å²) in [6, 6.07) is 8.12. The molecule has 0 unspecified atom stereocenters. The van der Waals surface area contributed by atoms with Crippen LogP contribution in [0.2, 0.25) is 0 Å². The van der Waals surface area contributed by atoms with E-state index in [4.69, 9.17) is 0 Å².